The van der Waals surface area contributed by atoms with E-state index in [1.807, 2.05) is 35.9 Å². The first kappa shape index (κ1) is 30.1. The van der Waals surface area contributed by atoms with Crippen molar-refractivity contribution < 1.29 is 22.7 Å². The van der Waals surface area contributed by atoms with Crippen LogP contribution in [0.1, 0.15) is 32.6 Å². The number of carbonyl (C=O) groups is 1. The van der Waals surface area contributed by atoms with Gasteiger partial charge < -0.3 is 14.8 Å². The number of benzene rings is 2. The van der Waals surface area contributed by atoms with E-state index < -0.39 is 22.5 Å². The Morgan fingerprint density at radius 2 is 1.83 bits per heavy atom. The van der Waals surface area contributed by atoms with Gasteiger partial charge >= 0.3 is 5.97 Å². The molecular formula is C29H31Cl2N5O5S. The lowest BCUT2D eigenvalue weighted by Gasteiger charge is -2.24. The van der Waals surface area contributed by atoms with Crippen LogP contribution < -0.4 is 9.62 Å². The molecule has 3 heterocycles. The van der Waals surface area contributed by atoms with E-state index in [-0.39, 0.29) is 27.2 Å². The molecule has 0 bridgehead atoms. The Morgan fingerprint density at radius 3 is 2.52 bits per heavy atom. The summed E-state index contributed by atoms with van der Waals surface area (Å²) in [5.74, 6) is 0.632. The van der Waals surface area contributed by atoms with Crippen LogP contribution in [0.3, 0.4) is 0 Å². The Hall–Kier alpha value is -3.38. The first-order chi connectivity index (χ1) is 20.2. The normalized spacial score (nSPS) is 14.2. The fourth-order valence-electron chi connectivity index (χ4n) is 4.68. The summed E-state index contributed by atoms with van der Waals surface area (Å²) >= 11 is 12.2. The Labute approximate surface area is 254 Å². The molecule has 1 saturated heterocycles. The van der Waals surface area contributed by atoms with Crippen LogP contribution in [0.2, 0.25) is 10.0 Å². The van der Waals surface area contributed by atoms with Gasteiger partial charge in [0.05, 0.1) is 22.7 Å². The fraction of sp³-hybridized carbons (Fsp3) is 0.345. The molecule has 0 amide bonds. The van der Waals surface area contributed by atoms with E-state index in [4.69, 9.17) is 32.7 Å². The largest absolute Gasteiger partial charge is 0.464 e. The van der Waals surface area contributed by atoms with Crippen molar-refractivity contribution in [1.29, 1.82) is 0 Å². The molecule has 2 aromatic carbocycles. The lowest BCUT2D eigenvalue weighted by Crippen LogP contribution is -2.36. The lowest BCUT2D eigenvalue weighted by atomic mass is 10.1. The van der Waals surface area contributed by atoms with Gasteiger partial charge in [0.25, 0.3) is 10.0 Å². The highest BCUT2D eigenvalue weighted by Gasteiger charge is 2.29. The smallest absolute Gasteiger partial charge is 0.326 e. The summed E-state index contributed by atoms with van der Waals surface area (Å²) in [6, 6.07) is 15.0. The molecule has 0 aliphatic carbocycles. The number of nitrogens with one attached hydrogen (secondary N) is 1. The number of carbonyl (C=O) groups excluding carboxylic acids is 1. The molecule has 0 atom stereocenters. The zero-order valence-corrected chi connectivity index (χ0v) is 25.3. The third-order valence-corrected chi connectivity index (χ3v) is 9.08. The molecule has 5 rings (SSSR count). The maximum Gasteiger partial charge on any atom is 0.326 e. The van der Waals surface area contributed by atoms with Crippen molar-refractivity contribution in [3.05, 3.63) is 70.8 Å². The van der Waals surface area contributed by atoms with Crippen LogP contribution >= 0.6 is 23.2 Å². The number of unbranched alkanes of at least 4 members (excludes halogenated alkanes) is 1. The predicted molar refractivity (Wildman–Crippen MR) is 163 cm³/mol. The standard InChI is InChI=1S/C29H31Cl2N5O5S/c1-2-3-12-41-29(37)19-36(42(38,39)25-17-21(30)16-22(31)18-25)24-4-5-26-20(15-24)8-11-35(26)28-7-6-27(33-34-28)32-23-9-13-40-14-10-23/h4-8,11,15-18,23H,2-3,9-10,12-14,19H2,1H3,(H,32,33). The van der Waals surface area contributed by atoms with E-state index in [2.05, 4.69) is 15.5 Å². The summed E-state index contributed by atoms with van der Waals surface area (Å²) in [5.41, 5.74) is 1.07. The van der Waals surface area contributed by atoms with E-state index in [1.54, 1.807) is 18.2 Å². The summed E-state index contributed by atoms with van der Waals surface area (Å²) in [4.78, 5) is 12.6. The number of nitrogens with zero attached hydrogens (tertiary/aromatic N) is 4. The molecule has 1 N–H and O–H groups in total. The highest BCUT2D eigenvalue weighted by molar-refractivity contribution is 7.92. The Kier molecular flexibility index (Phi) is 9.52. The average Bonchev–Trinajstić information content (AvgIpc) is 3.40. The summed E-state index contributed by atoms with van der Waals surface area (Å²) in [5, 5.41) is 13.2. The van der Waals surface area contributed by atoms with Crippen molar-refractivity contribution in [2.75, 3.05) is 36.0 Å². The maximum absolute atomic E-state index is 13.8. The van der Waals surface area contributed by atoms with E-state index in [1.165, 1.54) is 18.2 Å². The first-order valence-electron chi connectivity index (χ1n) is 13.7. The molecule has 42 heavy (non-hydrogen) atoms. The Balaban J connectivity index is 1.44. The Morgan fingerprint density at radius 1 is 1.07 bits per heavy atom. The quantitative estimate of drug-likeness (QED) is 0.162. The van der Waals surface area contributed by atoms with E-state index >= 15 is 0 Å². The Bertz CT molecular complexity index is 1640. The average molecular weight is 633 g/mol. The molecule has 1 fully saturated rings. The summed E-state index contributed by atoms with van der Waals surface area (Å²) in [6.45, 7) is 3.12. The van der Waals surface area contributed by atoms with Crippen LogP contribution in [0, 0.1) is 0 Å². The molecule has 1 aliphatic rings. The van der Waals surface area contributed by atoms with Gasteiger partial charge in [0, 0.05) is 40.9 Å². The van der Waals surface area contributed by atoms with Crippen molar-refractivity contribution in [2.24, 2.45) is 0 Å². The van der Waals surface area contributed by atoms with E-state index in [9.17, 15) is 13.2 Å². The second-order valence-corrected chi connectivity index (χ2v) is 12.7. The van der Waals surface area contributed by atoms with Crippen molar-refractivity contribution in [1.82, 2.24) is 14.8 Å². The molecule has 13 heteroatoms. The predicted octanol–water partition coefficient (Wildman–Crippen LogP) is 5.86. The van der Waals surface area contributed by atoms with Gasteiger partial charge in [-0.25, -0.2) is 8.42 Å². The van der Waals surface area contributed by atoms with Gasteiger partial charge in [0.2, 0.25) is 0 Å². The number of halogens is 2. The van der Waals surface area contributed by atoms with Crippen molar-refractivity contribution >= 4 is 61.6 Å². The highest BCUT2D eigenvalue weighted by Crippen LogP contribution is 2.31. The zero-order valence-electron chi connectivity index (χ0n) is 23.0. The number of ether oxygens (including phenoxy) is 2. The summed E-state index contributed by atoms with van der Waals surface area (Å²) < 4.78 is 41.2. The zero-order chi connectivity index (χ0) is 29.7. The number of fused-ring (bicyclic) bond motifs is 1. The van der Waals surface area contributed by atoms with Crippen molar-refractivity contribution in [3.8, 4) is 5.82 Å². The van der Waals surface area contributed by atoms with Crippen LogP contribution in [-0.4, -0.2) is 61.6 Å². The van der Waals surface area contributed by atoms with Crippen molar-refractivity contribution in [2.45, 2.75) is 43.5 Å². The van der Waals surface area contributed by atoms with Crippen LogP contribution in [-0.2, 0) is 24.3 Å². The minimum atomic E-state index is -4.24. The topological polar surface area (TPSA) is 116 Å². The van der Waals surface area contributed by atoms with Crippen LogP contribution in [0.5, 0.6) is 0 Å². The second kappa shape index (κ2) is 13.3. The molecule has 4 aromatic rings. The molecule has 0 saturated carbocycles. The molecule has 222 valence electrons. The summed E-state index contributed by atoms with van der Waals surface area (Å²) in [7, 11) is -4.24. The van der Waals surface area contributed by atoms with Crippen LogP contribution in [0.4, 0.5) is 11.5 Å². The molecule has 0 spiro atoms. The van der Waals surface area contributed by atoms with Gasteiger partial charge in [-0.15, -0.1) is 10.2 Å². The maximum atomic E-state index is 13.8. The van der Waals surface area contributed by atoms with Gasteiger partial charge in [-0.3, -0.25) is 13.7 Å². The summed E-state index contributed by atoms with van der Waals surface area (Å²) in [6.07, 6.45) is 5.18. The van der Waals surface area contributed by atoms with Crippen LogP contribution in [0.25, 0.3) is 16.7 Å². The minimum absolute atomic E-state index is 0.135. The third-order valence-electron chi connectivity index (χ3n) is 6.89. The number of aromatic nitrogens is 3. The SMILES string of the molecule is CCCCOC(=O)CN(c1ccc2c(ccn2-c2ccc(NC3CCOCC3)nn2)c1)S(=O)(=O)c1cc(Cl)cc(Cl)c1. The molecular weight excluding hydrogens is 601 g/mol. The molecule has 0 radical (unpaired) electrons. The third kappa shape index (κ3) is 6.97. The van der Waals surface area contributed by atoms with Crippen LogP contribution in [0.15, 0.2) is 65.7 Å². The van der Waals surface area contributed by atoms with Gasteiger partial charge in [0.15, 0.2) is 5.82 Å². The minimum Gasteiger partial charge on any atom is -0.464 e. The van der Waals surface area contributed by atoms with Gasteiger partial charge in [-0.2, -0.15) is 0 Å². The second-order valence-electron chi connectivity index (χ2n) is 9.93. The van der Waals surface area contributed by atoms with E-state index in [0.29, 0.717) is 24.1 Å². The molecule has 1 aliphatic heterocycles. The fourth-order valence-corrected chi connectivity index (χ4v) is 6.81. The number of hydrogen-bond donors (Lipinski definition) is 1. The van der Waals surface area contributed by atoms with E-state index in [0.717, 1.165) is 47.7 Å². The molecule has 2 aromatic heterocycles. The number of rotatable bonds is 11. The number of hydrogen-bond acceptors (Lipinski definition) is 8. The van der Waals surface area contributed by atoms with Gasteiger partial charge in [-0.1, -0.05) is 36.5 Å². The first-order valence-corrected chi connectivity index (χ1v) is 15.9. The monoisotopic (exact) mass is 631 g/mol. The van der Waals surface area contributed by atoms with Gasteiger partial charge in [0.1, 0.15) is 12.4 Å². The molecule has 0 unspecified atom stereocenters. The van der Waals surface area contributed by atoms with Gasteiger partial charge in [-0.05, 0) is 73.9 Å². The molecule has 10 nitrogen and oxygen atoms in total. The number of anilines is 2. The lowest BCUT2D eigenvalue weighted by molar-refractivity contribution is -0.141. The number of sulfonamides is 1. The van der Waals surface area contributed by atoms with Crippen molar-refractivity contribution in [3.63, 3.8) is 0 Å². The highest BCUT2D eigenvalue weighted by atomic mass is 35.5. The number of esters is 1.